The second-order valence-electron chi connectivity index (χ2n) is 6.98. The van der Waals surface area contributed by atoms with Gasteiger partial charge in [0.1, 0.15) is 0 Å². The molecule has 0 atom stereocenters. The van der Waals surface area contributed by atoms with Crippen LogP contribution in [0.5, 0.6) is 0 Å². The minimum absolute atomic E-state index is 0.0689. The molecular formula is C22H22N8O6. The largest absolute Gasteiger partial charge is 0.461 e. The predicted octanol–water partition coefficient (Wildman–Crippen LogP) is 1.56. The van der Waals surface area contributed by atoms with Crippen LogP contribution in [-0.2, 0) is 14.2 Å². The van der Waals surface area contributed by atoms with E-state index < -0.39 is 17.9 Å². The molecule has 0 fully saturated rings. The smallest absolute Gasteiger partial charge is 0.358 e. The number of aromatic nitrogens is 8. The monoisotopic (exact) mass is 494 g/mol. The summed E-state index contributed by atoms with van der Waals surface area (Å²) in [5, 5.41) is 12.7. The van der Waals surface area contributed by atoms with Crippen LogP contribution in [0.4, 0.5) is 0 Å². The van der Waals surface area contributed by atoms with E-state index in [1.807, 2.05) is 0 Å². The Morgan fingerprint density at radius 3 is 1.39 bits per heavy atom. The Bertz CT molecular complexity index is 1230. The number of hydrogen-bond acceptors (Lipinski definition) is 11. The van der Waals surface area contributed by atoms with Crippen LogP contribution in [0.25, 0.3) is 17.6 Å². The molecule has 0 unspecified atom stereocenters. The van der Waals surface area contributed by atoms with E-state index in [0.29, 0.717) is 0 Å². The zero-order valence-electron chi connectivity index (χ0n) is 19.7. The number of rotatable bonds is 9. The lowest BCUT2D eigenvalue weighted by molar-refractivity contribution is 0.0509. The summed E-state index contributed by atoms with van der Waals surface area (Å²) in [6.45, 7) is 5.70. The van der Waals surface area contributed by atoms with Gasteiger partial charge in [0.15, 0.2) is 28.7 Å². The number of esters is 3. The Labute approximate surface area is 204 Å². The number of ether oxygens (including phenoxy) is 3. The summed E-state index contributed by atoms with van der Waals surface area (Å²) in [5.74, 6) is -1.17. The molecule has 0 aliphatic carbocycles. The first-order valence-electron chi connectivity index (χ1n) is 11.0. The lowest BCUT2D eigenvalue weighted by Crippen LogP contribution is -2.13. The Balaban J connectivity index is 1.77. The van der Waals surface area contributed by atoms with Crippen LogP contribution in [0.3, 0.4) is 0 Å². The summed E-state index contributed by atoms with van der Waals surface area (Å²) in [4.78, 5) is 45.1. The van der Waals surface area contributed by atoms with Gasteiger partial charge in [-0.15, -0.1) is 0 Å². The van der Waals surface area contributed by atoms with Crippen molar-refractivity contribution in [1.29, 1.82) is 0 Å². The van der Waals surface area contributed by atoms with Gasteiger partial charge in [-0.3, -0.25) is 0 Å². The maximum Gasteiger partial charge on any atom is 0.358 e. The van der Waals surface area contributed by atoms with Gasteiger partial charge in [0.2, 0.25) is 0 Å². The van der Waals surface area contributed by atoms with E-state index in [9.17, 15) is 14.4 Å². The third kappa shape index (κ3) is 5.11. The fourth-order valence-corrected chi connectivity index (χ4v) is 3.03. The molecule has 0 saturated carbocycles. The molecule has 0 radical (unpaired) electrons. The molecular weight excluding hydrogens is 472 g/mol. The number of nitrogens with zero attached hydrogens (tertiary/aromatic N) is 8. The highest BCUT2D eigenvalue weighted by atomic mass is 16.5. The van der Waals surface area contributed by atoms with Crippen molar-refractivity contribution in [2.45, 2.75) is 20.8 Å². The molecule has 4 aromatic rings. The normalized spacial score (nSPS) is 10.8. The van der Waals surface area contributed by atoms with Gasteiger partial charge in [-0.05, 0) is 39.0 Å². The molecule has 4 aromatic heterocycles. The molecule has 0 saturated heterocycles. The van der Waals surface area contributed by atoms with Gasteiger partial charge in [-0.2, -0.15) is 25.3 Å². The van der Waals surface area contributed by atoms with E-state index >= 15 is 0 Å². The van der Waals surface area contributed by atoms with Gasteiger partial charge in [-0.25, -0.2) is 28.4 Å². The standard InChI is InChI=1S/C22H22N8O6/c1-4-34-19(31)14-7-10-28(25-14)17-13-18(29-11-8-15(26-29)20(32)35-5-2)24-22(23-17)30-12-9-16(27-30)21(33)36-6-3/h7-13H,4-6H2,1-3H3. The molecule has 0 bridgehead atoms. The maximum absolute atomic E-state index is 12.1. The average Bonchev–Trinajstić information content (AvgIpc) is 3.65. The molecule has 4 heterocycles. The predicted molar refractivity (Wildman–Crippen MR) is 121 cm³/mol. The van der Waals surface area contributed by atoms with Crippen LogP contribution in [0.2, 0.25) is 0 Å². The van der Waals surface area contributed by atoms with Crippen LogP contribution in [0.1, 0.15) is 52.2 Å². The van der Waals surface area contributed by atoms with Crippen molar-refractivity contribution in [1.82, 2.24) is 39.3 Å². The van der Waals surface area contributed by atoms with Crippen LogP contribution >= 0.6 is 0 Å². The lowest BCUT2D eigenvalue weighted by Gasteiger charge is -2.08. The average molecular weight is 494 g/mol. The van der Waals surface area contributed by atoms with Crippen LogP contribution in [0, 0.1) is 0 Å². The van der Waals surface area contributed by atoms with Crippen molar-refractivity contribution >= 4 is 17.9 Å². The van der Waals surface area contributed by atoms with E-state index in [2.05, 4.69) is 25.3 Å². The van der Waals surface area contributed by atoms with Crippen LogP contribution < -0.4 is 0 Å². The van der Waals surface area contributed by atoms with Gasteiger partial charge < -0.3 is 14.2 Å². The lowest BCUT2D eigenvalue weighted by atomic mass is 10.4. The number of carbonyl (C=O) groups excluding carboxylic acids is 3. The number of carbonyl (C=O) groups is 3. The molecule has 0 aliphatic heterocycles. The second-order valence-corrected chi connectivity index (χ2v) is 6.98. The summed E-state index contributed by atoms with van der Waals surface area (Å²) < 4.78 is 19.0. The molecule has 0 aromatic carbocycles. The Hall–Kier alpha value is -4.88. The molecule has 36 heavy (non-hydrogen) atoms. The zero-order valence-corrected chi connectivity index (χ0v) is 19.7. The van der Waals surface area contributed by atoms with Crippen molar-refractivity contribution in [3.63, 3.8) is 0 Å². The van der Waals surface area contributed by atoms with Gasteiger partial charge >= 0.3 is 17.9 Å². The molecule has 186 valence electrons. The van der Waals surface area contributed by atoms with E-state index in [1.54, 1.807) is 26.8 Å². The highest BCUT2D eigenvalue weighted by Crippen LogP contribution is 2.15. The Kier molecular flexibility index (Phi) is 7.13. The summed E-state index contributed by atoms with van der Waals surface area (Å²) in [6.07, 6.45) is 4.56. The maximum atomic E-state index is 12.1. The van der Waals surface area contributed by atoms with E-state index in [-0.39, 0.29) is 54.5 Å². The fraction of sp³-hybridized carbons (Fsp3) is 0.273. The topological polar surface area (TPSA) is 158 Å². The third-order valence-electron chi connectivity index (χ3n) is 4.58. The van der Waals surface area contributed by atoms with E-state index in [4.69, 9.17) is 14.2 Å². The van der Waals surface area contributed by atoms with Gasteiger partial charge in [-0.1, -0.05) is 0 Å². The fourth-order valence-electron chi connectivity index (χ4n) is 3.03. The zero-order chi connectivity index (χ0) is 25.7. The molecule has 0 spiro atoms. The third-order valence-corrected chi connectivity index (χ3v) is 4.58. The first-order chi connectivity index (χ1) is 17.4. The molecule has 4 rings (SSSR count). The summed E-state index contributed by atoms with van der Waals surface area (Å²) >= 11 is 0. The highest BCUT2D eigenvalue weighted by Gasteiger charge is 2.18. The van der Waals surface area contributed by atoms with Crippen molar-refractivity contribution in [2.24, 2.45) is 0 Å². The Morgan fingerprint density at radius 1 is 0.639 bits per heavy atom. The molecule has 0 N–H and O–H groups in total. The molecule has 14 heteroatoms. The van der Waals surface area contributed by atoms with Crippen molar-refractivity contribution in [2.75, 3.05) is 19.8 Å². The minimum Gasteiger partial charge on any atom is -0.461 e. The Morgan fingerprint density at radius 2 is 1.00 bits per heavy atom. The molecule has 0 amide bonds. The summed E-state index contributed by atoms with van der Waals surface area (Å²) in [5.41, 5.74) is 0.247. The highest BCUT2D eigenvalue weighted by molar-refractivity contribution is 5.88. The summed E-state index contributed by atoms with van der Waals surface area (Å²) in [6, 6.07) is 5.98. The van der Waals surface area contributed by atoms with E-state index in [0.717, 1.165) is 0 Å². The van der Waals surface area contributed by atoms with Gasteiger partial charge in [0, 0.05) is 24.7 Å². The van der Waals surface area contributed by atoms with Gasteiger partial charge in [0.05, 0.1) is 19.8 Å². The quantitative estimate of drug-likeness (QED) is 0.245. The SMILES string of the molecule is CCOC(=O)c1ccn(-c2cc(-n3ccc(C(=O)OCC)n3)nc(-n3ccc(C(=O)OCC)n3)n2)n1. The van der Waals surface area contributed by atoms with Crippen molar-refractivity contribution < 1.29 is 28.6 Å². The second kappa shape index (κ2) is 10.6. The van der Waals surface area contributed by atoms with Gasteiger partial charge in [0.25, 0.3) is 5.95 Å². The summed E-state index contributed by atoms with van der Waals surface area (Å²) in [7, 11) is 0. The van der Waals surface area contributed by atoms with Crippen molar-refractivity contribution in [3.8, 4) is 17.6 Å². The van der Waals surface area contributed by atoms with Crippen LogP contribution in [-0.4, -0.2) is 77.0 Å². The minimum atomic E-state index is -0.593. The van der Waals surface area contributed by atoms with E-state index in [1.165, 1.54) is 50.8 Å². The first-order valence-corrected chi connectivity index (χ1v) is 11.0. The van der Waals surface area contributed by atoms with Crippen molar-refractivity contribution in [3.05, 3.63) is 59.9 Å². The first kappa shape index (κ1) is 24.3. The molecule has 14 nitrogen and oxygen atoms in total. The number of hydrogen-bond donors (Lipinski definition) is 0. The van der Waals surface area contributed by atoms with Crippen LogP contribution in [0.15, 0.2) is 42.9 Å². The molecule has 0 aliphatic rings.